The summed E-state index contributed by atoms with van der Waals surface area (Å²) in [5.74, 6) is -0.786. The number of carboxylic acid groups (broad SMARTS) is 1. The Morgan fingerprint density at radius 1 is 1.45 bits per heavy atom. The first-order valence-corrected chi connectivity index (χ1v) is 8.83. The van der Waals surface area contributed by atoms with Gasteiger partial charge in [0.05, 0.1) is 23.3 Å². The normalized spacial score (nSPS) is 21.8. The van der Waals surface area contributed by atoms with E-state index in [-0.39, 0.29) is 35.7 Å². The third-order valence-corrected chi connectivity index (χ3v) is 5.74. The Labute approximate surface area is 120 Å². The van der Waals surface area contributed by atoms with E-state index in [0.29, 0.717) is 18.0 Å². The largest absolute Gasteiger partial charge is 0.481 e. The highest BCUT2D eigenvalue weighted by Crippen LogP contribution is 2.29. The highest BCUT2D eigenvalue weighted by Gasteiger charge is 2.29. The van der Waals surface area contributed by atoms with Gasteiger partial charge in [-0.05, 0) is 12.8 Å². The van der Waals surface area contributed by atoms with Crippen molar-refractivity contribution in [2.75, 3.05) is 17.3 Å². The first-order chi connectivity index (χ1) is 9.43. The molecule has 1 aliphatic heterocycles. The summed E-state index contributed by atoms with van der Waals surface area (Å²) in [5, 5.41) is 25.9. The second-order valence-corrected chi connectivity index (χ2v) is 7.69. The van der Waals surface area contributed by atoms with Crippen molar-refractivity contribution in [3.05, 3.63) is 5.82 Å². The fourth-order valence-corrected chi connectivity index (χ4v) is 4.63. The van der Waals surface area contributed by atoms with Gasteiger partial charge in [-0.2, -0.15) is 0 Å². The van der Waals surface area contributed by atoms with Gasteiger partial charge in [-0.3, -0.25) is 9.36 Å². The molecule has 0 amide bonds. The van der Waals surface area contributed by atoms with Crippen molar-refractivity contribution in [1.29, 1.82) is 0 Å². The molecule has 0 bridgehead atoms. The average molecular weight is 321 g/mol. The van der Waals surface area contributed by atoms with Crippen LogP contribution in [0.25, 0.3) is 0 Å². The Bertz CT molecular complexity index is 598. The minimum Gasteiger partial charge on any atom is -0.481 e. The van der Waals surface area contributed by atoms with Crippen molar-refractivity contribution in [2.45, 2.75) is 30.6 Å². The number of nitrogens with zero attached hydrogens (tertiary/aromatic N) is 3. The zero-order valence-corrected chi connectivity index (χ0v) is 12.2. The molecule has 1 aromatic rings. The van der Waals surface area contributed by atoms with Crippen LogP contribution in [0.3, 0.4) is 0 Å². The summed E-state index contributed by atoms with van der Waals surface area (Å²) in [6.07, 6.45) is 1.18. The summed E-state index contributed by atoms with van der Waals surface area (Å²) in [7, 11) is -3.11. The number of hydrogen-bond donors (Lipinski definition) is 2. The molecule has 1 unspecified atom stereocenters. The van der Waals surface area contributed by atoms with Crippen LogP contribution in [-0.2, 0) is 21.2 Å². The molecular formula is C10H15N3O5S2. The fourth-order valence-electron chi connectivity index (χ4n) is 2.21. The molecule has 2 rings (SSSR count). The van der Waals surface area contributed by atoms with Crippen LogP contribution in [0.2, 0.25) is 0 Å². The monoisotopic (exact) mass is 321 g/mol. The van der Waals surface area contributed by atoms with E-state index in [0.717, 1.165) is 11.8 Å². The van der Waals surface area contributed by atoms with Crippen molar-refractivity contribution >= 4 is 27.6 Å². The quantitative estimate of drug-likeness (QED) is 0.709. The second kappa shape index (κ2) is 6.10. The maximum Gasteiger partial charge on any atom is 0.313 e. The number of aliphatic carboxylic acids is 1. The fraction of sp³-hybridized carbons (Fsp3) is 0.700. The van der Waals surface area contributed by atoms with E-state index in [9.17, 15) is 18.3 Å². The molecule has 0 spiro atoms. The zero-order chi connectivity index (χ0) is 14.8. The number of aromatic nitrogens is 3. The first-order valence-electron chi connectivity index (χ1n) is 6.02. The van der Waals surface area contributed by atoms with Crippen molar-refractivity contribution < 1.29 is 23.4 Å². The summed E-state index contributed by atoms with van der Waals surface area (Å²) < 4.78 is 25.0. The van der Waals surface area contributed by atoms with Gasteiger partial charge in [0.15, 0.2) is 20.8 Å². The predicted molar refractivity (Wildman–Crippen MR) is 71.2 cm³/mol. The molecule has 1 atom stereocenters. The molecule has 10 heteroatoms. The summed E-state index contributed by atoms with van der Waals surface area (Å²) >= 11 is 0.969. The summed E-state index contributed by atoms with van der Waals surface area (Å²) in [4.78, 5) is 10.6. The number of aliphatic hydroxyl groups is 1. The lowest BCUT2D eigenvalue weighted by Gasteiger charge is -2.25. The van der Waals surface area contributed by atoms with Gasteiger partial charge in [0, 0.05) is 0 Å². The smallest absolute Gasteiger partial charge is 0.313 e. The number of sulfone groups is 1. The average Bonchev–Trinajstić information content (AvgIpc) is 2.78. The highest BCUT2D eigenvalue weighted by atomic mass is 32.2. The topological polar surface area (TPSA) is 122 Å². The molecule has 8 nitrogen and oxygen atoms in total. The van der Waals surface area contributed by atoms with Crippen molar-refractivity contribution in [1.82, 2.24) is 14.8 Å². The molecule has 0 aliphatic carbocycles. The van der Waals surface area contributed by atoms with Crippen LogP contribution in [0.1, 0.15) is 24.7 Å². The number of carboxylic acids is 1. The van der Waals surface area contributed by atoms with Gasteiger partial charge >= 0.3 is 5.97 Å². The van der Waals surface area contributed by atoms with Crippen molar-refractivity contribution in [2.24, 2.45) is 0 Å². The number of aliphatic hydroxyl groups excluding tert-OH is 1. The van der Waals surface area contributed by atoms with Gasteiger partial charge in [0.1, 0.15) is 6.61 Å². The van der Waals surface area contributed by atoms with Crippen LogP contribution in [0.5, 0.6) is 0 Å². The van der Waals surface area contributed by atoms with Crippen LogP contribution < -0.4 is 0 Å². The SMILES string of the molecule is O=C(O)CSc1nnc(CO)n1C1CCCS(=O)(=O)C1. The van der Waals surface area contributed by atoms with Gasteiger partial charge in [-0.15, -0.1) is 10.2 Å². The molecule has 2 heterocycles. The predicted octanol–water partition coefficient (Wildman–Crippen LogP) is -0.303. The molecule has 1 aromatic heterocycles. The van der Waals surface area contributed by atoms with E-state index in [1.54, 1.807) is 4.57 Å². The van der Waals surface area contributed by atoms with Crippen LogP contribution in [-0.4, -0.2) is 56.6 Å². The molecule has 2 N–H and O–H groups in total. The lowest BCUT2D eigenvalue weighted by Crippen LogP contribution is -2.29. The van der Waals surface area contributed by atoms with E-state index >= 15 is 0 Å². The Morgan fingerprint density at radius 3 is 2.80 bits per heavy atom. The molecule has 20 heavy (non-hydrogen) atoms. The number of rotatable bonds is 5. The van der Waals surface area contributed by atoms with E-state index in [4.69, 9.17) is 5.11 Å². The summed E-state index contributed by atoms with van der Waals surface area (Å²) in [5.41, 5.74) is 0. The molecule has 1 saturated heterocycles. The van der Waals surface area contributed by atoms with Crippen molar-refractivity contribution in [3.8, 4) is 0 Å². The maximum atomic E-state index is 11.7. The second-order valence-electron chi connectivity index (χ2n) is 4.52. The molecule has 1 fully saturated rings. The lowest BCUT2D eigenvalue weighted by atomic mass is 10.2. The number of carbonyl (C=O) groups is 1. The summed E-state index contributed by atoms with van der Waals surface area (Å²) in [6, 6.07) is -0.345. The van der Waals surface area contributed by atoms with Gasteiger partial charge in [0.2, 0.25) is 0 Å². The Balaban J connectivity index is 2.28. The van der Waals surface area contributed by atoms with Crippen LogP contribution in [0.15, 0.2) is 5.16 Å². The van der Waals surface area contributed by atoms with Crippen molar-refractivity contribution in [3.63, 3.8) is 0 Å². The number of thioether (sulfide) groups is 1. The third-order valence-electron chi connectivity index (χ3n) is 3.01. The Kier molecular flexibility index (Phi) is 4.66. The van der Waals surface area contributed by atoms with E-state index in [2.05, 4.69) is 10.2 Å². The molecule has 0 saturated carbocycles. The van der Waals surface area contributed by atoms with E-state index in [1.165, 1.54) is 0 Å². The number of hydrogen-bond acceptors (Lipinski definition) is 7. The van der Waals surface area contributed by atoms with Crippen LogP contribution in [0, 0.1) is 0 Å². The molecular weight excluding hydrogens is 306 g/mol. The van der Waals surface area contributed by atoms with Crippen LogP contribution >= 0.6 is 11.8 Å². The maximum absolute atomic E-state index is 11.7. The molecule has 0 radical (unpaired) electrons. The van der Waals surface area contributed by atoms with E-state index < -0.39 is 15.8 Å². The zero-order valence-electron chi connectivity index (χ0n) is 10.6. The van der Waals surface area contributed by atoms with Gasteiger partial charge < -0.3 is 10.2 Å². The van der Waals surface area contributed by atoms with Crippen LogP contribution in [0.4, 0.5) is 0 Å². The summed E-state index contributed by atoms with van der Waals surface area (Å²) in [6.45, 7) is -0.364. The van der Waals surface area contributed by atoms with Gasteiger partial charge in [-0.25, -0.2) is 8.42 Å². The third kappa shape index (κ3) is 3.49. The first kappa shape index (κ1) is 15.3. The standard InChI is InChI=1S/C10H15N3O5S2/c14-4-8-11-12-10(19-5-9(15)16)13(8)7-2-1-3-20(17,18)6-7/h7,14H,1-6H2,(H,15,16). The van der Waals surface area contributed by atoms with E-state index in [1.807, 2.05) is 0 Å². The molecule has 112 valence electrons. The molecule has 0 aromatic carbocycles. The highest BCUT2D eigenvalue weighted by molar-refractivity contribution is 7.99. The van der Waals surface area contributed by atoms with Gasteiger partial charge in [0.25, 0.3) is 0 Å². The molecule has 1 aliphatic rings. The minimum atomic E-state index is -3.11. The Hall–Kier alpha value is -1.13. The van der Waals surface area contributed by atoms with Gasteiger partial charge in [-0.1, -0.05) is 11.8 Å². The Morgan fingerprint density at radius 2 is 2.20 bits per heavy atom. The minimum absolute atomic E-state index is 0.0291. The lowest BCUT2D eigenvalue weighted by molar-refractivity contribution is -0.133.